The highest BCUT2D eigenvalue weighted by Crippen LogP contribution is 2.45. The molecule has 3 aliphatic carbocycles. The van der Waals surface area contributed by atoms with E-state index in [4.69, 9.17) is 0 Å². The van der Waals surface area contributed by atoms with Gasteiger partial charge < -0.3 is 5.32 Å². The molecule has 92 valence electrons. The van der Waals surface area contributed by atoms with E-state index in [2.05, 4.69) is 19.2 Å². The minimum absolute atomic E-state index is 0.836. The standard InChI is InChI=1S/C15H27N/c1-10-3-8-14(11(2)9-10)16-15(12-4-5-12)13-6-7-13/h10-16H,3-9H2,1-2H3. The van der Waals surface area contributed by atoms with E-state index in [0.29, 0.717) is 0 Å². The lowest BCUT2D eigenvalue weighted by atomic mass is 9.79. The molecule has 3 unspecified atom stereocenters. The van der Waals surface area contributed by atoms with Gasteiger partial charge in [-0.05, 0) is 68.6 Å². The van der Waals surface area contributed by atoms with Crippen molar-refractivity contribution in [3.8, 4) is 0 Å². The van der Waals surface area contributed by atoms with Gasteiger partial charge >= 0.3 is 0 Å². The maximum Gasteiger partial charge on any atom is 0.0126 e. The average molecular weight is 221 g/mol. The molecule has 0 radical (unpaired) electrons. The van der Waals surface area contributed by atoms with Crippen molar-refractivity contribution in [2.75, 3.05) is 0 Å². The molecule has 16 heavy (non-hydrogen) atoms. The quantitative estimate of drug-likeness (QED) is 0.765. The molecule has 3 atom stereocenters. The highest BCUT2D eigenvalue weighted by atomic mass is 15.0. The minimum Gasteiger partial charge on any atom is -0.310 e. The van der Waals surface area contributed by atoms with Crippen LogP contribution in [0.25, 0.3) is 0 Å². The number of hydrogen-bond acceptors (Lipinski definition) is 1. The zero-order chi connectivity index (χ0) is 11.1. The van der Waals surface area contributed by atoms with Crippen molar-refractivity contribution in [3.63, 3.8) is 0 Å². The van der Waals surface area contributed by atoms with Crippen molar-refractivity contribution in [1.29, 1.82) is 0 Å². The maximum atomic E-state index is 4.05. The molecule has 0 amide bonds. The van der Waals surface area contributed by atoms with Crippen molar-refractivity contribution in [2.45, 2.75) is 70.9 Å². The summed E-state index contributed by atoms with van der Waals surface area (Å²) in [5.41, 5.74) is 0. The lowest BCUT2D eigenvalue weighted by Gasteiger charge is -2.36. The van der Waals surface area contributed by atoms with Crippen LogP contribution in [0.4, 0.5) is 0 Å². The van der Waals surface area contributed by atoms with Crippen molar-refractivity contribution in [3.05, 3.63) is 0 Å². The largest absolute Gasteiger partial charge is 0.310 e. The Morgan fingerprint density at radius 2 is 1.50 bits per heavy atom. The molecule has 0 bridgehead atoms. The summed E-state index contributed by atoms with van der Waals surface area (Å²) in [5.74, 6) is 3.98. The van der Waals surface area contributed by atoms with E-state index in [0.717, 1.165) is 35.8 Å². The molecule has 3 aliphatic rings. The zero-order valence-electron chi connectivity index (χ0n) is 10.9. The molecular weight excluding hydrogens is 194 g/mol. The zero-order valence-corrected chi connectivity index (χ0v) is 10.9. The lowest BCUT2D eigenvalue weighted by molar-refractivity contribution is 0.200. The first kappa shape index (κ1) is 11.1. The summed E-state index contributed by atoms with van der Waals surface area (Å²) in [7, 11) is 0. The molecule has 0 saturated heterocycles. The first-order chi connectivity index (χ1) is 7.74. The topological polar surface area (TPSA) is 12.0 Å². The van der Waals surface area contributed by atoms with Gasteiger partial charge in [-0.1, -0.05) is 13.8 Å². The SMILES string of the molecule is CC1CCC(NC(C2CC2)C2CC2)C(C)C1. The summed E-state index contributed by atoms with van der Waals surface area (Å²) in [6.45, 7) is 4.89. The van der Waals surface area contributed by atoms with Gasteiger partial charge in [-0.2, -0.15) is 0 Å². The Kier molecular flexibility index (Phi) is 2.99. The molecule has 1 nitrogen and oxygen atoms in total. The highest BCUT2D eigenvalue weighted by Gasteiger charge is 2.42. The van der Waals surface area contributed by atoms with E-state index in [-0.39, 0.29) is 0 Å². The van der Waals surface area contributed by atoms with Crippen LogP contribution in [0.3, 0.4) is 0 Å². The van der Waals surface area contributed by atoms with Crippen LogP contribution in [0.15, 0.2) is 0 Å². The van der Waals surface area contributed by atoms with E-state index >= 15 is 0 Å². The monoisotopic (exact) mass is 221 g/mol. The fraction of sp³-hybridized carbons (Fsp3) is 1.00. The Morgan fingerprint density at radius 1 is 0.875 bits per heavy atom. The summed E-state index contributed by atoms with van der Waals surface area (Å²) < 4.78 is 0. The van der Waals surface area contributed by atoms with Gasteiger partial charge in [-0.25, -0.2) is 0 Å². The average Bonchev–Trinajstić information content (AvgIpc) is 3.11. The summed E-state index contributed by atoms with van der Waals surface area (Å²) in [6, 6.07) is 1.74. The van der Waals surface area contributed by atoms with Gasteiger partial charge in [0.1, 0.15) is 0 Å². The third-order valence-corrected chi connectivity index (χ3v) is 5.10. The molecule has 3 fully saturated rings. The fourth-order valence-electron chi connectivity index (χ4n) is 3.73. The highest BCUT2D eigenvalue weighted by molar-refractivity contribution is 4.98. The van der Waals surface area contributed by atoms with E-state index in [1.54, 1.807) is 0 Å². The summed E-state index contributed by atoms with van der Waals surface area (Å²) in [6.07, 6.45) is 10.3. The van der Waals surface area contributed by atoms with Crippen LogP contribution in [0.1, 0.15) is 58.8 Å². The second-order valence-corrected chi connectivity index (χ2v) is 6.87. The van der Waals surface area contributed by atoms with Gasteiger partial charge in [0.05, 0.1) is 0 Å². The molecule has 0 aromatic heterocycles. The Labute approximate surface area is 100 Å². The summed E-state index contributed by atoms with van der Waals surface area (Å²) in [5, 5.41) is 4.05. The second-order valence-electron chi connectivity index (χ2n) is 6.87. The Balaban J connectivity index is 1.55. The molecule has 0 aliphatic heterocycles. The molecule has 0 spiro atoms. The number of rotatable bonds is 4. The van der Waals surface area contributed by atoms with Gasteiger partial charge in [0.25, 0.3) is 0 Å². The molecule has 1 heteroatoms. The van der Waals surface area contributed by atoms with Gasteiger partial charge in [-0.15, -0.1) is 0 Å². The second kappa shape index (κ2) is 4.33. The fourth-order valence-corrected chi connectivity index (χ4v) is 3.73. The van der Waals surface area contributed by atoms with E-state index < -0.39 is 0 Å². The normalized spacial score (nSPS) is 40.3. The van der Waals surface area contributed by atoms with E-state index in [1.807, 2.05) is 0 Å². The van der Waals surface area contributed by atoms with E-state index in [1.165, 1.54) is 44.9 Å². The van der Waals surface area contributed by atoms with Crippen LogP contribution >= 0.6 is 0 Å². The first-order valence-corrected chi connectivity index (χ1v) is 7.50. The van der Waals surface area contributed by atoms with Gasteiger partial charge in [0.15, 0.2) is 0 Å². The summed E-state index contributed by atoms with van der Waals surface area (Å²) in [4.78, 5) is 0. The van der Waals surface area contributed by atoms with Crippen molar-refractivity contribution < 1.29 is 0 Å². The van der Waals surface area contributed by atoms with Crippen molar-refractivity contribution in [1.82, 2.24) is 5.32 Å². The van der Waals surface area contributed by atoms with Gasteiger partial charge in [-0.3, -0.25) is 0 Å². The molecule has 0 aromatic rings. The van der Waals surface area contributed by atoms with Crippen LogP contribution < -0.4 is 5.32 Å². The molecule has 3 saturated carbocycles. The predicted molar refractivity (Wildman–Crippen MR) is 68.3 cm³/mol. The molecule has 3 rings (SSSR count). The summed E-state index contributed by atoms with van der Waals surface area (Å²) >= 11 is 0. The Morgan fingerprint density at radius 3 is 2.00 bits per heavy atom. The Hall–Kier alpha value is -0.0400. The van der Waals surface area contributed by atoms with Crippen LogP contribution in [0, 0.1) is 23.7 Å². The van der Waals surface area contributed by atoms with Gasteiger partial charge in [0, 0.05) is 12.1 Å². The maximum absolute atomic E-state index is 4.05. The van der Waals surface area contributed by atoms with Crippen molar-refractivity contribution >= 4 is 0 Å². The first-order valence-electron chi connectivity index (χ1n) is 7.50. The Bertz CT molecular complexity index is 230. The van der Waals surface area contributed by atoms with Crippen molar-refractivity contribution in [2.24, 2.45) is 23.7 Å². The molecular formula is C15H27N. The lowest BCUT2D eigenvalue weighted by Crippen LogP contribution is -2.46. The minimum atomic E-state index is 0.836. The third-order valence-electron chi connectivity index (χ3n) is 5.10. The molecule has 0 aromatic carbocycles. The third kappa shape index (κ3) is 2.45. The predicted octanol–water partition coefficient (Wildman–Crippen LogP) is 3.59. The molecule has 1 N–H and O–H groups in total. The number of nitrogens with one attached hydrogen (secondary N) is 1. The molecule has 0 heterocycles. The van der Waals surface area contributed by atoms with Crippen LogP contribution in [0.5, 0.6) is 0 Å². The van der Waals surface area contributed by atoms with Gasteiger partial charge in [0.2, 0.25) is 0 Å². The van der Waals surface area contributed by atoms with E-state index in [9.17, 15) is 0 Å². The van der Waals surface area contributed by atoms with Crippen LogP contribution in [-0.2, 0) is 0 Å². The van der Waals surface area contributed by atoms with Crippen LogP contribution in [-0.4, -0.2) is 12.1 Å². The van der Waals surface area contributed by atoms with Crippen LogP contribution in [0.2, 0.25) is 0 Å². The number of hydrogen-bond donors (Lipinski definition) is 1. The smallest absolute Gasteiger partial charge is 0.0126 e.